The molecule has 0 bridgehead atoms. The predicted molar refractivity (Wildman–Crippen MR) is 82.1 cm³/mol. The molecule has 0 aliphatic carbocycles. The van der Waals surface area contributed by atoms with Crippen LogP contribution in [0.1, 0.15) is 26.2 Å². The van der Waals surface area contributed by atoms with Crippen molar-refractivity contribution in [3.8, 4) is 0 Å². The normalized spacial score (nSPS) is 16.2. The molecule has 0 radical (unpaired) electrons. The fraction of sp³-hybridized carbons (Fsp3) is 0.667. The van der Waals surface area contributed by atoms with Crippen LogP contribution in [0.15, 0.2) is 18.5 Å². The Morgan fingerprint density at radius 1 is 1.32 bits per heavy atom. The number of nitrogens with zero attached hydrogens (tertiary/aromatic N) is 3. The molecule has 1 aromatic rings. The van der Waals surface area contributed by atoms with Crippen molar-refractivity contribution in [2.75, 3.05) is 49.6 Å². The highest BCUT2D eigenvalue weighted by Gasteiger charge is 2.11. The van der Waals surface area contributed by atoms with Crippen molar-refractivity contribution in [1.29, 1.82) is 0 Å². The molecule has 106 valence electrons. The molecule has 0 atom stereocenters. The van der Waals surface area contributed by atoms with Gasteiger partial charge in [0.25, 0.3) is 0 Å². The lowest BCUT2D eigenvalue weighted by Crippen LogP contribution is -2.28. The SMILES string of the molecule is CCCCN(C)c1cncc(N2CCCNCC2)c1. The Kier molecular flexibility index (Phi) is 5.45. The summed E-state index contributed by atoms with van der Waals surface area (Å²) >= 11 is 0. The number of pyridine rings is 1. The molecular formula is C15H26N4. The highest BCUT2D eigenvalue weighted by Crippen LogP contribution is 2.21. The third kappa shape index (κ3) is 4.10. The molecule has 1 saturated heterocycles. The average Bonchev–Trinajstić information content (AvgIpc) is 2.74. The van der Waals surface area contributed by atoms with E-state index in [9.17, 15) is 0 Å². The second-order valence-corrected chi connectivity index (χ2v) is 5.27. The van der Waals surface area contributed by atoms with Gasteiger partial charge >= 0.3 is 0 Å². The summed E-state index contributed by atoms with van der Waals surface area (Å²) in [5.74, 6) is 0. The first-order chi connectivity index (χ1) is 9.31. The summed E-state index contributed by atoms with van der Waals surface area (Å²) in [6, 6.07) is 2.27. The first-order valence-corrected chi connectivity index (χ1v) is 7.43. The molecule has 0 saturated carbocycles. The van der Waals surface area contributed by atoms with Crippen molar-refractivity contribution in [2.24, 2.45) is 0 Å². The molecule has 2 rings (SSSR count). The van der Waals surface area contributed by atoms with E-state index < -0.39 is 0 Å². The van der Waals surface area contributed by atoms with E-state index in [0.29, 0.717) is 0 Å². The van der Waals surface area contributed by atoms with Gasteiger partial charge < -0.3 is 15.1 Å². The number of anilines is 2. The fourth-order valence-corrected chi connectivity index (χ4v) is 2.43. The smallest absolute Gasteiger partial charge is 0.0574 e. The molecule has 19 heavy (non-hydrogen) atoms. The largest absolute Gasteiger partial charge is 0.373 e. The monoisotopic (exact) mass is 262 g/mol. The van der Waals surface area contributed by atoms with Gasteiger partial charge in [0.15, 0.2) is 0 Å². The van der Waals surface area contributed by atoms with E-state index >= 15 is 0 Å². The van der Waals surface area contributed by atoms with Gasteiger partial charge in [-0.05, 0) is 25.5 Å². The summed E-state index contributed by atoms with van der Waals surface area (Å²) in [5, 5.41) is 3.44. The zero-order valence-corrected chi connectivity index (χ0v) is 12.2. The standard InChI is InChI=1S/C15H26N4/c1-3-4-8-18(2)14-11-15(13-17-12-14)19-9-5-6-16-7-10-19/h11-13,16H,3-10H2,1-2H3. The maximum atomic E-state index is 4.42. The minimum atomic E-state index is 1.07. The van der Waals surface area contributed by atoms with Crippen molar-refractivity contribution >= 4 is 11.4 Å². The highest BCUT2D eigenvalue weighted by atomic mass is 15.2. The van der Waals surface area contributed by atoms with Crippen LogP contribution in [-0.2, 0) is 0 Å². The number of aromatic nitrogens is 1. The summed E-state index contributed by atoms with van der Waals surface area (Å²) in [7, 11) is 2.15. The zero-order chi connectivity index (χ0) is 13.5. The van der Waals surface area contributed by atoms with Crippen LogP contribution in [0, 0.1) is 0 Å². The van der Waals surface area contributed by atoms with Crippen LogP contribution in [0.2, 0.25) is 0 Å². The van der Waals surface area contributed by atoms with Crippen LogP contribution in [0.25, 0.3) is 0 Å². The molecule has 4 heteroatoms. The highest BCUT2D eigenvalue weighted by molar-refractivity contribution is 5.56. The maximum Gasteiger partial charge on any atom is 0.0574 e. The van der Waals surface area contributed by atoms with Crippen molar-refractivity contribution in [3.63, 3.8) is 0 Å². The number of hydrogen-bond donors (Lipinski definition) is 1. The summed E-state index contributed by atoms with van der Waals surface area (Å²) < 4.78 is 0. The number of nitrogens with one attached hydrogen (secondary N) is 1. The van der Waals surface area contributed by atoms with Gasteiger partial charge in [-0.1, -0.05) is 13.3 Å². The second-order valence-electron chi connectivity index (χ2n) is 5.27. The van der Waals surface area contributed by atoms with E-state index in [2.05, 4.69) is 40.1 Å². The Morgan fingerprint density at radius 2 is 2.21 bits per heavy atom. The minimum absolute atomic E-state index is 1.07. The van der Waals surface area contributed by atoms with Gasteiger partial charge in [-0.25, -0.2) is 0 Å². The van der Waals surface area contributed by atoms with Crippen LogP contribution in [0.4, 0.5) is 11.4 Å². The van der Waals surface area contributed by atoms with E-state index in [1.54, 1.807) is 0 Å². The Morgan fingerprint density at radius 3 is 3.05 bits per heavy atom. The second kappa shape index (κ2) is 7.34. The van der Waals surface area contributed by atoms with Crippen molar-refractivity contribution in [2.45, 2.75) is 26.2 Å². The third-order valence-corrected chi connectivity index (χ3v) is 3.70. The first-order valence-electron chi connectivity index (χ1n) is 7.43. The van der Waals surface area contributed by atoms with Crippen molar-refractivity contribution < 1.29 is 0 Å². The molecular weight excluding hydrogens is 236 g/mol. The minimum Gasteiger partial charge on any atom is -0.373 e. The molecule has 0 unspecified atom stereocenters. The van der Waals surface area contributed by atoms with Crippen molar-refractivity contribution in [1.82, 2.24) is 10.3 Å². The maximum absolute atomic E-state index is 4.42. The van der Waals surface area contributed by atoms with Gasteiger partial charge in [0, 0.05) is 33.2 Å². The van der Waals surface area contributed by atoms with Gasteiger partial charge in [0.1, 0.15) is 0 Å². The average molecular weight is 262 g/mol. The Labute approximate surface area is 116 Å². The summed E-state index contributed by atoms with van der Waals surface area (Å²) in [5.41, 5.74) is 2.48. The first kappa shape index (κ1) is 14.1. The zero-order valence-electron chi connectivity index (χ0n) is 12.2. The van der Waals surface area contributed by atoms with Crippen LogP contribution >= 0.6 is 0 Å². The van der Waals surface area contributed by atoms with E-state index in [1.807, 2.05) is 12.4 Å². The quantitative estimate of drug-likeness (QED) is 0.881. The molecule has 0 amide bonds. The number of unbranched alkanes of at least 4 members (excludes halogenated alkanes) is 1. The lowest BCUT2D eigenvalue weighted by molar-refractivity contribution is 0.724. The van der Waals surface area contributed by atoms with Crippen LogP contribution < -0.4 is 15.1 Å². The van der Waals surface area contributed by atoms with E-state index in [0.717, 1.165) is 32.7 Å². The van der Waals surface area contributed by atoms with E-state index in [4.69, 9.17) is 0 Å². The Hall–Kier alpha value is -1.29. The fourth-order valence-electron chi connectivity index (χ4n) is 2.43. The molecule has 1 aliphatic heterocycles. The van der Waals surface area contributed by atoms with Crippen LogP contribution in [0.3, 0.4) is 0 Å². The van der Waals surface area contributed by atoms with E-state index in [1.165, 1.54) is 30.6 Å². The summed E-state index contributed by atoms with van der Waals surface area (Å²) in [4.78, 5) is 9.15. The van der Waals surface area contributed by atoms with Crippen molar-refractivity contribution in [3.05, 3.63) is 18.5 Å². The van der Waals surface area contributed by atoms with Crippen LogP contribution in [0.5, 0.6) is 0 Å². The lowest BCUT2D eigenvalue weighted by atomic mass is 10.2. The molecule has 1 aliphatic rings. The van der Waals surface area contributed by atoms with Gasteiger partial charge in [0.05, 0.1) is 23.8 Å². The molecule has 4 nitrogen and oxygen atoms in total. The van der Waals surface area contributed by atoms with Crippen LogP contribution in [-0.4, -0.2) is 44.8 Å². The predicted octanol–water partition coefficient (Wildman–Crippen LogP) is 2.12. The summed E-state index contributed by atoms with van der Waals surface area (Å²) in [6.45, 7) is 7.71. The molecule has 0 aromatic carbocycles. The molecule has 2 heterocycles. The molecule has 1 N–H and O–H groups in total. The third-order valence-electron chi connectivity index (χ3n) is 3.70. The number of hydrogen-bond acceptors (Lipinski definition) is 4. The molecule has 0 spiro atoms. The lowest BCUT2D eigenvalue weighted by Gasteiger charge is -2.25. The topological polar surface area (TPSA) is 31.4 Å². The van der Waals surface area contributed by atoms with Gasteiger partial charge in [-0.15, -0.1) is 0 Å². The van der Waals surface area contributed by atoms with Gasteiger partial charge in [0.2, 0.25) is 0 Å². The molecule has 1 aromatic heterocycles. The Balaban J connectivity index is 2.04. The van der Waals surface area contributed by atoms with E-state index in [-0.39, 0.29) is 0 Å². The Bertz CT molecular complexity index is 372. The van der Waals surface area contributed by atoms with Gasteiger partial charge in [-0.3, -0.25) is 4.98 Å². The molecule has 1 fully saturated rings. The van der Waals surface area contributed by atoms with Gasteiger partial charge in [-0.2, -0.15) is 0 Å². The number of rotatable bonds is 5. The summed E-state index contributed by atoms with van der Waals surface area (Å²) in [6.07, 6.45) is 7.62.